The second kappa shape index (κ2) is 2.32. The molecule has 2 heterocycles. The molecule has 0 bridgehead atoms. The van der Waals surface area contributed by atoms with Gasteiger partial charge < -0.3 is 0 Å². The standard InChI is InChI=1S/C7H8BrNS/c1-9-3-5-2-7(8)10-6(5)4-9/h2H,3-4H2,1H3. The van der Waals surface area contributed by atoms with Crippen molar-refractivity contribution in [3.05, 3.63) is 20.3 Å². The number of halogens is 1. The van der Waals surface area contributed by atoms with Gasteiger partial charge in [-0.2, -0.15) is 0 Å². The van der Waals surface area contributed by atoms with Crippen molar-refractivity contribution in [3.63, 3.8) is 0 Å². The van der Waals surface area contributed by atoms with Crippen molar-refractivity contribution in [3.8, 4) is 0 Å². The first-order valence-electron chi connectivity index (χ1n) is 3.21. The van der Waals surface area contributed by atoms with Gasteiger partial charge in [-0.25, -0.2) is 0 Å². The fourth-order valence-electron chi connectivity index (χ4n) is 1.29. The maximum Gasteiger partial charge on any atom is 0.0705 e. The highest BCUT2D eigenvalue weighted by Crippen LogP contribution is 2.32. The lowest BCUT2D eigenvalue weighted by atomic mass is 10.3. The van der Waals surface area contributed by atoms with Gasteiger partial charge in [-0.15, -0.1) is 11.3 Å². The summed E-state index contributed by atoms with van der Waals surface area (Å²) >= 11 is 5.33. The summed E-state index contributed by atoms with van der Waals surface area (Å²) < 4.78 is 1.27. The highest BCUT2D eigenvalue weighted by molar-refractivity contribution is 9.11. The maximum absolute atomic E-state index is 3.48. The Morgan fingerprint density at radius 3 is 3.10 bits per heavy atom. The molecule has 0 fully saturated rings. The molecular formula is C7H8BrNS. The van der Waals surface area contributed by atoms with E-state index in [1.165, 1.54) is 14.2 Å². The molecule has 0 aromatic carbocycles. The van der Waals surface area contributed by atoms with Gasteiger partial charge in [0.05, 0.1) is 3.79 Å². The van der Waals surface area contributed by atoms with Gasteiger partial charge in [0.15, 0.2) is 0 Å². The summed E-state index contributed by atoms with van der Waals surface area (Å²) in [6.45, 7) is 2.25. The molecule has 0 atom stereocenters. The molecule has 0 amide bonds. The van der Waals surface area contributed by atoms with Gasteiger partial charge in [0.25, 0.3) is 0 Å². The molecule has 10 heavy (non-hydrogen) atoms. The van der Waals surface area contributed by atoms with Crippen LogP contribution in [0.5, 0.6) is 0 Å². The second-order valence-corrected chi connectivity index (χ2v) is 5.19. The third-order valence-electron chi connectivity index (χ3n) is 1.72. The van der Waals surface area contributed by atoms with Crippen molar-refractivity contribution in [1.29, 1.82) is 0 Å². The predicted molar refractivity (Wildman–Crippen MR) is 47.2 cm³/mol. The highest BCUT2D eigenvalue weighted by atomic mass is 79.9. The Kier molecular flexibility index (Phi) is 1.59. The minimum Gasteiger partial charge on any atom is -0.297 e. The van der Waals surface area contributed by atoms with E-state index < -0.39 is 0 Å². The molecule has 2 rings (SSSR count). The Labute approximate surface area is 72.8 Å². The Balaban J connectivity index is 2.39. The zero-order chi connectivity index (χ0) is 7.14. The van der Waals surface area contributed by atoms with Crippen LogP contribution in [0, 0.1) is 0 Å². The highest BCUT2D eigenvalue weighted by Gasteiger charge is 2.17. The van der Waals surface area contributed by atoms with Gasteiger partial charge in [-0.05, 0) is 34.6 Å². The fraction of sp³-hybridized carbons (Fsp3) is 0.429. The molecule has 0 spiro atoms. The van der Waals surface area contributed by atoms with E-state index in [0.29, 0.717) is 0 Å². The van der Waals surface area contributed by atoms with E-state index in [1.54, 1.807) is 0 Å². The molecule has 1 aliphatic rings. The minimum absolute atomic E-state index is 1.12. The summed E-state index contributed by atoms with van der Waals surface area (Å²) in [5.41, 5.74) is 1.50. The van der Waals surface area contributed by atoms with Crippen molar-refractivity contribution >= 4 is 27.3 Å². The van der Waals surface area contributed by atoms with Crippen LogP contribution in [0.15, 0.2) is 9.85 Å². The van der Waals surface area contributed by atoms with Crippen LogP contribution in [-0.4, -0.2) is 11.9 Å². The van der Waals surface area contributed by atoms with Gasteiger partial charge in [0.2, 0.25) is 0 Å². The number of nitrogens with zero attached hydrogens (tertiary/aromatic N) is 1. The number of fused-ring (bicyclic) bond motifs is 1. The molecule has 0 radical (unpaired) electrons. The first kappa shape index (κ1) is 6.83. The van der Waals surface area contributed by atoms with E-state index in [0.717, 1.165) is 13.1 Å². The summed E-state index contributed by atoms with van der Waals surface area (Å²) in [7, 11) is 2.15. The number of thiophene rings is 1. The van der Waals surface area contributed by atoms with Gasteiger partial charge in [0.1, 0.15) is 0 Å². The lowest BCUT2D eigenvalue weighted by Crippen LogP contribution is -2.07. The van der Waals surface area contributed by atoms with E-state index in [9.17, 15) is 0 Å². The molecule has 1 aliphatic heterocycles. The topological polar surface area (TPSA) is 3.24 Å². The predicted octanol–water partition coefficient (Wildman–Crippen LogP) is 2.46. The summed E-state index contributed by atoms with van der Waals surface area (Å²) in [4.78, 5) is 3.85. The van der Waals surface area contributed by atoms with Gasteiger partial charge in [-0.1, -0.05) is 0 Å². The Hall–Kier alpha value is 0.140. The summed E-state index contributed by atoms with van der Waals surface area (Å²) in [5, 5.41) is 0. The lowest BCUT2D eigenvalue weighted by Gasteiger charge is -2.03. The van der Waals surface area contributed by atoms with E-state index in [2.05, 4.69) is 33.9 Å². The first-order valence-corrected chi connectivity index (χ1v) is 4.82. The van der Waals surface area contributed by atoms with Crippen molar-refractivity contribution in [2.45, 2.75) is 13.1 Å². The molecule has 1 nitrogen and oxygen atoms in total. The molecule has 1 aromatic heterocycles. The van der Waals surface area contributed by atoms with Gasteiger partial charge >= 0.3 is 0 Å². The van der Waals surface area contributed by atoms with E-state index in [1.807, 2.05) is 11.3 Å². The van der Waals surface area contributed by atoms with Gasteiger partial charge in [-0.3, -0.25) is 4.90 Å². The average Bonchev–Trinajstić information content (AvgIpc) is 2.21. The minimum atomic E-state index is 1.12. The third kappa shape index (κ3) is 1.02. The van der Waals surface area contributed by atoms with Crippen molar-refractivity contribution < 1.29 is 0 Å². The van der Waals surface area contributed by atoms with Crippen LogP contribution in [0.3, 0.4) is 0 Å². The largest absolute Gasteiger partial charge is 0.297 e. The Morgan fingerprint density at radius 1 is 1.60 bits per heavy atom. The fourth-order valence-corrected chi connectivity index (χ4v) is 3.13. The third-order valence-corrected chi connectivity index (χ3v) is 3.39. The van der Waals surface area contributed by atoms with Crippen LogP contribution in [0.4, 0.5) is 0 Å². The molecule has 54 valence electrons. The molecule has 0 saturated heterocycles. The van der Waals surface area contributed by atoms with Crippen LogP contribution in [0.25, 0.3) is 0 Å². The van der Waals surface area contributed by atoms with Crippen LogP contribution in [0.2, 0.25) is 0 Å². The summed E-state index contributed by atoms with van der Waals surface area (Å²) in [6, 6.07) is 2.23. The van der Waals surface area contributed by atoms with E-state index in [-0.39, 0.29) is 0 Å². The van der Waals surface area contributed by atoms with Gasteiger partial charge in [0, 0.05) is 18.0 Å². The number of hydrogen-bond donors (Lipinski definition) is 0. The molecule has 3 heteroatoms. The van der Waals surface area contributed by atoms with Crippen LogP contribution >= 0.6 is 27.3 Å². The molecule has 0 N–H and O–H groups in total. The number of hydrogen-bond acceptors (Lipinski definition) is 2. The van der Waals surface area contributed by atoms with Crippen LogP contribution in [0.1, 0.15) is 10.4 Å². The van der Waals surface area contributed by atoms with Crippen molar-refractivity contribution in [2.24, 2.45) is 0 Å². The molecule has 0 saturated carbocycles. The summed E-state index contributed by atoms with van der Waals surface area (Å²) in [6.07, 6.45) is 0. The lowest BCUT2D eigenvalue weighted by molar-refractivity contribution is 0.354. The van der Waals surface area contributed by atoms with Crippen molar-refractivity contribution in [2.75, 3.05) is 7.05 Å². The van der Waals surface area contributed by atoms with Crippen LogP contribution < -0.4 is 0 Å². The maximum atomic E-state index is 3.48. The second-order valence-electron chi connectivity index (χ2n) is 2.67. The van der Waals surface area contributed by atoms with E-state index >= 15 is 0 Å². The Morgan fingerprint density at radius 2 is 2.40 bits per heavy atom. The average molecular weight is 218 g/mol. The van der Waals surface area contributed by atoms with E-state index in [4.69, 9.17) is 0 Å². The van der Waals surface area contributed by atoms with Crippen molar-refractivity contribution in [1.82, 2.24) is 4.90 Å². The molecule has 0 unspecified atom stereocenters. The summed E-state index contributed by atoms with van der Waals surface area (Å²) in [5.74, 6) is 0. The van der Waals surface area contributed by atoms with Crippen LogP contribution in [-0.2, 0) is 13.1 Å². The molecule has 1 aromatic rings. The zero-order valence-electron chi connectivity index (χ0n) is 5.72. The molecule has 0 aliphatic carbocycles. The quantitative estimate of drug-likeness (QED) is 0.646. The molecular weight excluding hydrogens is 210 g/mol. The smallest absolute Gasteiger partial charge is 0.0705 e. The SMILES string of the molecule is CN1Cc2cc(Br)sc2C1. The normalized spacial score (nSPS) is 17.8. The number of rotatable bonds is 0. The monoisotopic (exact) mass is 217 g/mol. The Bertz CT molecular complexity index is 233. The zero-order valence-corrected chi connectivity index (χ0v) is 8.13. The first-order chi connectivity index (χ1) is 4.75.